The van der Waals surface area contributed by atoms with Crippen LogP contribution in [0.5, 0.6) is 0 Å². The van der Waals surface area contributed by atoms with Crippen LogP contribution in [-0.4, -0.2) is 61.1 Å². The van der Waals surface area contributed by atoms with E-state index in [0.717, 1.165) is 5.56 Å². The number of nitrogens with one attached hydrogen (secondary N) is 1. The molecule has 0 atom stereocenters. The third-order valence-electron chi connectivity index (χ3n) is 6.45. The number of carbonyl (C=O) groups excluding carboxylic acids is 1. The lowest BCUT2D eigenvalue weighted by molar-refractivity contribution is -0.0925. The fraction of sp³-hybridized carbons (Fsp3) is 0.524. The third-order valence-corrected chi connectivity index (χ3v) is 6.45. The van der Waals surface area contributed by atoms with Gasteiger partial charge in [0.25, 0.3) is 0 Å². The maximum absolute atomic E-state index is 13.9. The van der Waals surface area contributed by atoms with Crippen LogP contribution in [-0.2, 0) is 5.54 Å². The normalized spacial score (nSPS) is 27.9. The van der Waals surface area contributed by atoms with Gasteiger partial charge in [0.2, 0.25) is 0 Å². The van der Waals surface area contributed by atoms with Crippen molar-refractivity contribution in [1.82, 2.24) is 15.1 Å². The number of hydrogen-bond donors (Lipinski definition) is 2. The van der Waals surface area contributed by atoms with Crippen LogP contribution in [0.1, 0.15) is 31.2 Å². The molecule has 0 aromatic heterocycles. The van der Waals surface area contributed by atoms with Gasteiger partial charge in [0.15, 0.2) is 0 Å². The summed E-state index contributed by atoms with van der Waals surface area (Å²) >= 11 is 0. The minimum absolute atomic E-state index is 0.140. The number of urea groups is 1. The van der Waals surface area contributed by atoms with Gasteiger partial charge in [-0.25, -0.2) is 9.18 Å². The molecule has 2 aliphatic rings. The van der Waals surface area contributed by atoms with Crippen molar-refractivity contribution in [3.8, 4) is 0 Å². The summed E-state index contributed by atoms with van der Waals surface area (Å²) in [5.74, 6) is -0.448. The van der Waals surface area contributed by atoms with E-state index in [2.05, 4.69) is 15.2 Å². The van der Waals surface area contributed by atoms with Crippen LogP contribution >= 0.6 is 0 Å². The summed E-state index contributed by atoms with van der Waals surface area (Å²) in [6, 6.07) is 6.01. The highest BCUT2D eigenvalue weighted by atomic mass is 19.4. The van der Waals surface area contributed by atoms with Crippen molar-refractivity contribution in [1.29, 1.82) is 0 Å². The largest absolute Gasteiger partial charge is 0.430 e. The van der Waals surface area contributed by atoms with Crippen LogP contribution in [0.25, 0.3) is 0 Å². The average molecular weight is 441 g/mol. The van der Waals surface area contributed by atoms with Gasteiger partial charge in [0.1, 0.15) is 17.3 Å². The number of allylic oxidation sites excluding steroid dienone is 1. The van der Waals surface area contributed by atoms with Gasteiger partial charge in [-0.05, 0) is 57.5 Å². The Bertz CT molecular complexity index is 901. The number of nitrogens with zero attached hydrogens (tertiary/aromatic N) is 3. The first-order valence-electron chi connectivity index (χ1n) is 9.97. The molecule has 6 nitrogen and oxygen atoms in total. The van der Waals surface area contributed by atoms with Crippen LogP contribution in [0.4, 0.5) is 22.4 Å². The van der Waals surface area contributed by atoms with Gasteiger partial charge in [-0.1, -0.05) is 12.1 Å². The van der Waals surface area contributed by atoms with Crippen LogP contribution < -0.4 is 11.1 Å². The number of aliphatic imine (C=N–C) groups is 1. The molecule has 0 bridgehead atoms. The number of nitrogens with two attached hydrogens (primary N) is 1. The minimum atomic E-state index is -4.70. The Kier molecular flexibility index (Phi) is 6.05. The molecule has 31 heavy (non-hydrogen) atoms. The number of alkyl halides is 3. The fourth-order valence-corrected chi connectivity index (χ4v) is 4.57. The van der Waals surface area contributed by atoms with Crippen molar-refractivity contribution < 1.29 is 22.4 Å². The Morgan fingerprint density at radius 1 is 1.26 bits per heavy atom. The Hall–Kier alpha value is -2.62. The lowest BCUT2D eigenvalue weighted by atomic mass is 9.69. The van der Waals surface area contributed by atoms with E-state index in [4.69, 9.17) is 5.73 Å². The molecule has 170 valence electrons. The smallest absolute Gasteiger partial charge is 0.395 e. The van der Waals surface area contributed by atoms with Crippen molar-refractivity contribution in [2.45, 2.75) is 42.9 Å². The summed E-state index contributed by atoms with van der Waals surface area (Å²) in [4.78, 5) is 19.7. The zero-order valence-electron chi connectivity index (χ0n) is 17.8. The van der Waals surface area contributed by atoms with Crippen molar-refractivity contribution >= 4 is 11.9 Å². The fourth-order valence-electron chi connectivity index (χ4n) is 4.57. The van der Waals surface area contributed by atoms with E-state index in [0.29, 0.717) is 31.8 Å². The average Bonchev–Trinajstić information content (AvgIpc) is 3.01. The summed E-state index contributed by atoms with van der Waals surface area (Å²) in [5.41, 5.74) is 3.67. The molecule has 3 N–H and O–H groups in total. The number of rotatable bonds is 3. The second-order valence-corrected chi connectivity index (χ2v) is 8.41. The minimum Gasteiger partial charge on any atom is -0.395 e. The molecule has 1 aromatic carbocycles. The van der Waals surface area contributed by atoms with E-state index in [1.54, 1.807) is 6.07 Å². The Morgan fingerprint density at radius 3 is 2.42 bits per heavy atom. The summed E-state index contributed by atoms with van der Waals surface area (Å²) in [5, 5.41) is 2.95. The Labute approximate surface area is 178 Å². The second kappa shape index (κ2) is 8.14. The number of amides is 2. The summed E-state index contributed by atoms with van der Waals surface area (Å²) in [6.45, 7) is 0.187. The topological polar surface area (TPSA) is 74.0 Å². The van der Waals surface area contributed by atoms with Gasteiger partial charge in [-0.2, -0.15) is 13.2 Å². The van der Waals surface area contributed by atoms with E-state index >= 15 is 0 Å². The molecule has 1 heterocycles. The van der Waals surface area contributed by atoms with Crippen LogP contribution in [0, 0.1) is 5.82 Å². The first-order chi connectivity index (χ1) is 14.4. The maximum Gasteiger partial charge on any atom is 0.430 e. The Morgan fingerprint density at radius 2 is 1.90 bits per heavy atom. The monoisotopic (exact) mass is 441 g/mol. The van der Waals surface area contributed by atoms with Gasteiger partial charge in [-0.3, -0.25) is 14.8 Å². The van der Waals surface area contributed by atoms with E-state index in [1.807, 2.05) is 20.2 Å². The Balaban J connectivity index is 1.81. The molecule has 0 radical (unpaired) electrons. The van der Waals surface area contributed by atoms with E-state index in [1.165, 1.54) is 24.1 Å². The van der Waals surface area contributed by atoms with Crippen LogP contribution in [0.2, 0.25) is 0 Å². The molecule has 10 heteroatoms. The van der Waals surface area contributed by atoms with Crippen LogP contribution in [0.15, 0.2) is 41.0 Å². The highest BCUT2D eigenvalue weighted by molar-refractivity contribution is 6.05. The van der Waals surface area contributed by atoms with Crippen LogP contribution in [0.3, 0.4) is 0 Å². The van der Waals surface area contributed by atoms with E-state index in [-0.39, 0.29) is 18.2 Å². The molecular formula is C21H27F4N5O. The summed E-state index contributed by atoms with van der Waals surface area (Å²) in [7, 11) is 5.19. The lowest BCUT2D eigenvalue weighted by Gasteiger charge is -2.48. The highest BCUT2D eigenvalue weighted by Crippen LogP contribution is 2.46. The van der Waals surface area contributed by atoms with Gasteiger partial charge in [-0.15, -0.1) is 0 Å². The predicted molar refractivity (Wildman–Crippen MR) is 110 cm³/mol. The van der Waals surface area contributed by atoms with E-state index in [9.17, 15) is 22.4 Å². The zero-order valence-corrected chi connectivity index (χ0v) is 17.8. The second-order valence-electron chi connectivity index (χ2n) is 8.41. The summed E-state index contributed by atoms with van der Waals surface area (Å²) in [6.07, 6.45) is -1.56. The predicted octanol–water partition coefficient (Wildman–Crippen LogP) is 3.35. The molecule has 2 fully saturated rings. The van der Waals surface area contributed by atoms with Crippen molar-refractivity contribution in [2.24, 2.45) is 10.7 Å². The van der Waals surface area contributed by atoms with Crippen molar-refractivity contribution in [2.75, 3.05) is 27.7 Å². The number of halogens is 4. The number of benzene rings is 1. The highest BCUT2D eigenvalue weighted by Gasteiger charge is 2.51. The molecular weight excluding hydrogens is 414 g/mol. The molecule has 1 saturated heterocycles. The maximum atomic E-state index is 13.9. The number of amidine groups is 1. The number of hydrogen-bond acceptors (Lipinski definition) is 4. The molecule has 1 aromatic rings. The van der Waals surface area contributed by atoms with E-state index < -0.39 is 29.0 Å². The van der Waals surface area contributed by atoms with Gasteiger partial charge in [0.05, 0.1) is 12.1 Å². The van der Waals surface area contributed by atoms with Crippen molar-refractivity contribution in [3.63, 3.8) is 0 Å². The first kappa shape index (κ1) is 23.1. The summed E-state index contributed by atoms with van der Waals surface area (Å²) < 4.78 is 52.4. The third kappa shape index (κ3) is 4.39. The zero-order chi connectivity index (χ0) is 23.0. The molecule has 1 saturated carbocycles. The van der Waals surface area contributed by atoms with Gasteiger partial charge < -0.3 is 11.1 Å². The molecule has 1 aliphatic carbocycles. The molecule has 3 rings (SSSR count). The first-order valence-corrected chi connectivity index (χ1v) is 9.97. The molecule has 1 spiro atoms. The SMILES string of the molecule is CN=C(C=C(N)C(F)(F)F)N1CC2(CCC(c3cccc(F)c3)(N(C)C)CC2)NC1=O. The molecule has 1 aliphatic heterocycles. The van der Waals surface area contributed by atoms with Crippen molar-refractivity contribution in [3.05, 3.63) is 47.4 Å². The lowest BCUT2D eigenvalue weighted by Crippen LogP contribution is -2.54. The quantitative estimate of drug-likeness (QED) is 0.429. The molecule has 0 unspecified atom stereocenters. The molecule has 2 amide bonds. The van der Waals surface area contributed by atoms with Gasteiger partial charge in [0, 0.05) is 18.7 Å². The standard InChI is InChI=1S/C21H27F4N5O/c1-27-17(12-16(26)21(23,24)25)30-13-19(28-18(30)31)7-9-20(10-8-19,29(2)3)14-5-4-6-15(22)11-14/h4-6,11-12H,7-10,13,26H2,1-3H3,(H,28,31). The van der Waals surface area contributed by atoms with Gasteiger partial charge >= 0.3 is 12.2 Å². The number of carbonyl (C=O) groups is 1.